The first kappa shape index (κ1) is 10.7. The molecular formula is C14H13O2. The van der Waals surface area contributed by atoms with Crippen molar-refractivity contribution in [2.24, 2.45) is 0 Å². The standard InChI is InChI=1S/C14H13O2/c1-2-9-16-14-8-7-11(10-15)12-5-3-4-6-13(12)14/h3-8H,2,9H2,1H3. The fourth-order valence-corrected chi connectivity index (χ4v) is 1.70. The number of hydrogen-bond donors (Lipinski definition) is 0. The van der Waals surface area contributed by atoms with Crippen LogP contribution in [0.3, 0.4) is 0 Å². The summed E-state index contributed by atoms with van der Waals surface area (Å²) in [5.41, 5.74) is 0.583. The molecule has 0 saturated carbocycles. The molecule has 0 aliphatic carbocycles. The zero-order valence-electron chi connectivity index (χ0n) is 9.19. The Balaban J connectivity index is 2.55. The molecule has 0 fully saturated rings. The lowest BCUT2D eigenvalue weighted by Gasteiger charge is -2.09. The van der Waals surface area contributed by atoms with Crippen LogP contribution in [0, 0.1) is 0 Å². The summed E-state index contributed by atoms with van der Waals surface area (Å²) in [6.45, 7) is 2.75. The Morgan fingerprint density at radius 2 is 1.88 bits per heavy atom. The van der Waals surface area contributed by atoms with Crippen LogP contribution in [0.15, 0.2) is 36.4 Å². The van der Waals surface area contributed by atoms with Crippen molar-refractivity contribution >= 4 is 17.1 Å². The van der Waals surface area contributed by atoms with Crippen molar-refractivity contribution in [3.05, 3.63) is 42.0 Å². The van der Waals surface area contributed by atoms with Crippen LogP contribution in [0.25, 0.3) is 10.8 Å². The Morgan fingerprint density at radius 1 is 1.12 bits per heavy atom. The average Bonchev–Trinajstić information content (AvgIpc) is 2.36. The molecule has 0 atom stereocenters. The third-order valence-corrected chi connectivity index (χ3v) is 2.46. The number of hydrogen-bond acceptors (Lipinski definition) is 2. The van der Waals surface area contributed by atoms with E-state index in [0.717, 1.165) is 22.9 Å². The number of fused-ring (bicyclic) bond motifs is 1. The van der Waals surface area contributed by atoms with Crippen LogP contribution in [0.1, 0.15) is 18.9 Å². The SMILES string of the molecule is CCCOc1ccc([C]=O)c2ccccc12. The predicted octanol–water partition coefficient (Wildman–Crippen LogP) is 3.09. The first-order valence-electron chi connectivity index (χ1n) is 5.39. The molecule has 16 heavy (non-hydrogen) atoms. The van der Waals surface area contributed by atoms with E-state index in [2.05, 4.69) is 6.92 Å². The molecule has 81 valence electrons. The lowest BCUT2D eigenvalue weighted by molar-refractivity contribution is 0.321. The van der Waals surface area contributed by atoms with Gasteiger partial charge in [-0.25, -0.2) is 0 Å². The molecule has 2 nitrogen and oxygen atoms in total. The van der Waals surface area contributed by atoms with Gasteiger partial charge in [-0.2, -0.15) is 0 Å². The second-order valence-corrected chi connectivity index (χ2v) is 3.61. The van der Waals surface area contributed by atoms with E-state index >= 15 is 0 Å². The largest absolute Gasteiger partial charge is 0.493 e. The second kappa shape index (κ2) is 4.79. The van der Waals surface area contributed by atoms with Crippen molar-refractivity contribution in [1.29, 1.82) is 0 Å². The summed E-state index contributed by atoms with van der Waals surface area (Å²) in [6.07, 6.45) is 2.92. The topological polar surface area (TPSA) is 26.3 Å². The van der Waals surface area contributed by atoms with Gasteiger partial charge in [0.25, 0.3) is 0 Å². The van der Waals surface area contributed by atoms with E-state index in [1.54, 1.807) is 6.07 Å². The van der Waals surface area contributed by atoms with Gasteiger partial charge >= 0.3 is 0 Å². The van der Waals surface area contributed by atoms with Gasteiger partial charge in [-0.1, -0.05) is 31.2 Å². The van der Waals surface area contributed by atoms with E-state index in [4.69, 9.17) is 4.74 Å². The highest BCUT2D eigenvalue weighted by Crippen LogP contribution is 2.27. The minimum Gasteiger partial charge on any atom is -0.493 e. The molecule has 0 bridgehead atoms. The lowest BCUT2D eigenvalue weighted by atomic mass is 10.0. The Morgan fingerprint density at radius 3 is 2.56 bits per heavy atom. The maximum atomic E-state index is 10.8. The Hall–Kier alpha value is -1.83. The van der Waals surface area contributed by atoms with E-state index < -0.39 is 0 Å². The van der Waals surface area contributed by atoms with Gasteiger partial charge in [-0.15, -0.1) is 0 Å². The van der Waals surface area contributed by atoms with Crippen LogP contribution < -0.4 is 4.74 Å². The maximum absolute atomic E-state index is 10.8. The summed E-state index contributed by atoms with van der Waals surface area (Å²) >= 11 is 0. The molecule has 2 heteroatoms. The summed E-state index contributed by atoms with van der Waals surface area (Å²) in [5, 5.41) is 1.86. The molecular weight excluding hydrogens is 200 g/mol. The third-order valence-electron chi connectivity index (χ3n) is 2.46. The third kappa shape index (κ3) is 1.91. The van der Waals surface area contributed by atoms with Gasteiger partial charge in [-0.05, 0) is 23.9 Å². The smallest absolute Gasteiger partial charge is 0.234 e. The van der Waals surface area contributed by atoms with Crippen LogP contribution in [0.2, 0.25) is 0 Å². The van der Waals surface area contributed by atoms with Crippen LogP contribution in [-0.2, 0) is 4.79 Å². The summed E-state index contributed by atoms with van der Waals surface area (Å²) in [6, 6.07) is 11.3. The molecule has 0 aliphatic heterocycles. The second-order valence-electron chi connectivity index (χ2n) is 3.61. The fraction of sp³-hybridized carbons (Fsp3) is 0.214. The van der Waals surface area contributed by atoms with E-state index in [1.807, 2.05) is 36.6 Å². The van der Waals surface area contributed by atoms with Crippen molar-refractivity contribution in [2.45, 2.75) is 13.3 Å². The van der Waals surface area contributed by atoms with Crippen LogP contribution >= 0.6 is 0 Å². The van der Waals surface area contributed by atoms with Gasteiger partial charge in [0.15, 0.2) is 0 Å². The lowest BCUT2D eigenvalue weighted by Crippen LogP contribution is -1.96. The molecule has 0 aromatic heterocycles. The molecule has 2 aromatic carbocycles. The number of benzene rings is 2. The predicted molar refractivity (Wildman–Crippen MR) is 64.5 cm³/mol. The first-order valence-corrected chi connectivity index (χ1v) is 5.39. The highest BCUT2D eigenvalue weighted by Gasteiger charge is 2.05. The molecule has 2 rings (SSSR count). The summed E-state index contributed by atoms with van der Waals surface area (Å²) < 4.78 is 5.64. The van der Waals surface area contributed by atoms with Crippen molar-refractivity contribution in [1.82, 2.24) is 0 Å². The van der Waals surface area contributed by atoms with E-state index in [1.165, 1.54) is 0 Å². The quantitative estimate of drug-likeness (QED) is 0.780. The summed E-state index contributed by atoms with van der Waals surface area (Å²) in [4.78, 5) is 10.8. The van der Waals surface area contributed by atoms with Crippen LogP contribution in [0.5, 0.6) is 5.75 Å². The van der Waals surface area contributed by atoms with Gasteiger partial charge in [0.2, 0.25) is 6.29 Å². The maximum Gasteiger partial charge on any atom is 0.234 e. The molecule has 0 aliphatic rings. The van der Waals surface area contributed by atoms with Crippen molar-refractivity contribution in [3.63, 3.8) is 0 Å². The molecule has 0 saturated heterocycles. The summed E-state index contributed by atoms with van der Waals surface area (Å²) in [7, 11) is 0. The van der Waals surface area contributed by atoms with Gasteiger partial charge < -0.3 is 4.74 Å². The van der Waals surface area contributed by atoms with Crippen LogP contribution in [0.4, 0.5) is 0 Å². The number of rotatable bonds is 4. The molecule has 0 N–H and O–H groups in total. The molecule has 1 radical (unpaired) electrons. The minimum absolute atomic E-state index is 0.583. The van der Waals surface area contributed by atoms with E-state index in [-0.39, 0.29) is 0 Å². The van der Waals surface area contributed by atoms with Gasteiger partial charge in [0.1, 0.15) is 5.75 Å². The number of carbonyl (C=O) groups excluding carboxylic acids is 1. The van der Waals surface area contributed by atoms with Crippen molar-refractivity contribution in [2.75, 3.05) is 6.61 Å². The van der Waals surface area contributed by atoms with Gasteiger partial charge in [0.05, 0.1) is 6.61 Å². The van der Waals surface area contributed by atoms with E-state index in [9.17, 15) is 4.79 Å². The zero-order chi connectivity index (χ0) is 11.4. The highest BCUT2D eigenvalue weighted by atomic mass is 16.5. The Kier molecular flexibility index (Phi) is 3.20. The normalized spacial score (nSPS) is 10.3. The fourth-order valence-electron chi connectivity index (χ4n) is 1.70. The Bertz CT molecular complexity index is 503. The zero-order valence-corrected chi connectivity index (χ0v) is 9.19. The van der Waals surface area contributed by atoms with Gasteiger partial charge in [0, 0.05) is 10.9 Å². The Labute approximate surface area is 94.8 Å². The molecule has 0 unspecified atom stereocenters. The molecule has 2 aromatic rings. The molecule has 0 amide bonds. The van der Waals surface area contributed by atoms with Crippen LogP contribution in [-0.4, -0.2) is 12.9 Å². The summed E-state index contributed by atoms with van der Waals surface area (Å²) in [5.74, 6) is 0.830. The first-order chi connectivity index (χ1) is 7.86. The average molecular weight is 213 g/mol. The van der Waals surface area contributed by atoms with E-state index in [0.29, 0.717) is 12.2 Å². The van der Waals surface area contributed by atoms with Crippen molar-refractivity contribution < 1.29 is 9.53 Å². The van der Waals surface area contributed by atoms with Gasteiger partial charge in [-0.3, -0.25) is 4.79 Å². The highest BCUT2D eigenvalue weighted by molar-refractivity contribution is 6.01. The van der Waals surface area contributed by atoms with Crippen molar-refractivity contribution in [3.8, 4) is 5.75 Å². The molecule has 0 spiro atoms. The minimum atomic E-state index is 0.583. The number of ether oxygens (including phenoxy) is 1. The molecule has 0 heterocycles. The monoisotopic (exact) mass is 213 g/mol.